The largest absolute Gasteiger partial charge is 0.343 e. The summed E-state index contributed by atoms with van der Waals surface area (Å²) < 4.78 is 0. The molecule has 1 unspecified atom stereocenters. The van der Waals surface area contributed by atoms with Crippen LogP contribution in [0.4, 0.5) is 0 Å². The van der Waals surface area contributed by atoms with Crippen LogP contribution in [-0.4, -0.2) is 23.1 Å². The lowest BCUT2D eigenvalue weighted by atomic mass is 10.00. The van der Waals surface area contributed by atoms with Crippen molar-refractivity contribution < 1.29 is 0 Å². The van der Waals surface area contributed by atoms with Crippen molar-refractivity contribution in [3.05, 3.63) is 29.6 Å². The van der Waals surface area contributed by atoms with Crippen molar-refractivity contribution in [2.75, 3.05) is 13.1 Å². The number of aromatic amines is 1. The maximum Gasteiger partial charge on any atom is 0.137 e. The topological polar surface area (TPSA) is 40.7 Å². The Morgan fingerprint density at radius 3 is 3.00 bits per heavy atom. The van der Waals surface area contributed by atoms with E-state index in [2.05, 4.69) is 41.3 Å². The molecule has 3 heteroatoms. The van der Waals surface area contributed by atoms with Gasteiger partial charge in [-0.15, -0.1) is 0 Å². The van der Waals surface area contributed by atoms with Crippen LogP contribution in [0.15, 0.2) is 18.3 Å². The smallest absolute Gasteiger partial charge is 0.137 e. The third kappa shape index (κ3) is 1.84. The zero-order chi connectivity index (χ0) is 11.8. The molecule has 2 aromatic heterocycles. The number of H-pyrrole nitrogens is 1. The molecule has 1 aliphatic rings. The number of pyridine rings is 1. The van der Waals surface area contributed by atoms with Gasteiger partial charge in [0.1, 0.15) is 5.65 Å². The van der Waals surface area contributed by atoms with Crippen LogP contribution in [0.3, 0.4) is 0 Å². The monoisotopic (exact) mass is 229 g/mol. The van der Waals surface area contributed by atoms with Gasteiger partial charge in [0.25, 0.3) is 0 Å². The Morgan fingerprint density at radius 2 is 2.29 bits per heavy atom. The van der Waals surface area contributed by atoms with Gasteiger partial charge in [0.15, 0.2) is 0 Å². The van der Waals surface area contributed by atoms with Crippen LogP contribution in [-0.2, 0) is 0 Å². The fraction of sp³-hybridized carbons (Fsp3) is 0.500. The standard InChI is InChI=1S/C14H19N3/c1-9(2)11-4-6-16-14-12(11)7-13(17-14)10-3-5-15-8-10/h4,6-7,9-10,15H,3,5,8H2,1-2H3,(H,16,17). The molecule has 1 fully saturated rings. The summed E-state index contributed by atoms with van der Waals surface area (Å²) in [6.45, 7) is 6.69. The second-order valence-electron chi connectivity index (χ2n) is 5.23. The Kier molecular flexibility index (Phi) is 2.63. The van der Waals surface area contributed by atoms with Crippen molar-refractivity contribution in [3.63, 3.8) is 0 Å². The highest BCUT2D eigenvalue weighted by Gasteiger charge is 2.19. The van der Waals surface area contributed by atoms with Crippen LogP contribution in [0.5, 0.6) is 0 Å². The third-order valence-corrected chi connectivity index (χ3v) is 3.71. The van der Waals surface area contributed by atoms with Crippen molar-refractivity contribution in [2.24, 2.45) is 0 Å². The maximum absolute atomic E-state index is 4.44. The molecule has 1 aliphatic heterocycles. The number of rotatable bonds is 2. The Hall–Kier alpha value is -1.35. The summed E-state index contributed by atoms with van der Waals surface area (Å²) in [6, 6.07) is 4.44. The van der Waals surface area contributed by atoms with Gasteiger partial charge in [0.05, 0.1) is 0 Å². The van der Waals surface area contributed by atoms with Gasteiger partial charge in [0.2, 0.25) is 0 Å². The Balaban J connectivity index is 2.08. The van der Waals surface area contributed by atoms with E-state index in [0.29, 0.717) is 11.8 Å². The minimum absolute atomic E-state index is 0.547. The van der Waals surface area contributed by atoms with E-state index in [1.807, 2.05) is 6.20 Å². The maximum atomic E-state index is 4.44. The molecule has 90 valence electrons. The fourth-order valence-corrected chi connectivity index (χ4v) is 2.71. The van der Waals surface area contributed by atoms with Crippen LogP contribution in [0, 0.1) is 0 Å². The molecule has 2 aromatic rings. The molecule has 0 aromatic carbocycles. The van der Waals surface area contributed by atoms with Crippen molar-refractivity contribution in [1.82, 2.24) is 15.3 Å². The first kappa shape index (κ1) is 10.8. The molecule has 3 nitrogen and oxygen atoms in total. The van der Waals surface area contributed by atoms with E-state index in [-0.39, 0.29) is 0 Å². The molecule has 3 rings (SSSR count). The molecule has 2 N–H and O–H groups in total. The lowest BCUT2D eigenvalue weighted by molar-refractivity contribution is 0.743. The van der Waals surface area contributed by atoms with Crippen LogP contribution >= 0.6 is 0 Å². The summed E-state index contributed by atoms with van der Waals surface area (Å²) in [5.41, 5.74) is 3.77. The highest BCUT2D eigenvalue weighted by atomic mass is 14.9. The quantitative estimate of drug-likeness (QED) is 0.831. The Bertz CT molecular complexity index is 521. The number of aromatic nitrogens is 2. The lowest BCUT2D eigenvalue weighted by Crippen LogP contribution is -2.07. The first-order valence-corrected chi connectivity index (χ1v) is 6.44. The van der Waals surface area contributed by atoms with Gasteiger partial charge in [-0.3, -0.25) is 0 Å². The van der Waals surface area contributed by atoms with Gasteiger partial charge in [0, 0.05) is 29.7 Å². The van der Waals surface area contributed by atoms with E-state index in [9.17, 15) is 0 Å². The van der Waals surface area contributed by atoms with E-state index in [1.54, 1.807) is 0 Å². The first-order valence-electron chi connectivity index (χ1n) is 6.44. The SMILES string of the molecule is CC(C)c1ccnc2[nH]c(C3CCNC3)cc12. The molecule has 1 atom stereocenters. The van der Waals surface area contributed by atoms with Gasteiger partial charge in [-0.2, -0.15) is 0 Å². The van der Waals surface area contributed by atoms with E-state index in [0.717, 1.165) is 18.7 Å². The Labute approximate surface area is 102 Å². The third-order valence-electron chi connectivity index (χ3n) is 3.71. The number of hydrogen-bond donors (Lipinski definition) is 2. The average Bonchev–Trinajstić information content (AvgIpc) is 2.96. The van der Waals surface area contributed by atoms with Gasteiger partial charge in [-0.1, -0.05) is 13.8 Å². The minimum Gasteiger partial charge on any atom is -0.343 e. The molecule has 0 amide bonds. The summed E-state index contributed by atoms with van der Waals surface area (Å²) in [5.74, 6) is 1.18. The van der Waals surface area contributed by atoms with Crippen LogP contribution in [0.25, 0.3) is 11.0 Å². The molecule has 17 heavy (non-hydrogen) atoms. The molecular weight excluding hydrogens is 210 g/mol. The van der Waals surface area contributed by atoms with Crippen molar-refractivity contribution in [1.29, 1.82) is 0 Å². The van der Waals surface area contributed by atoms with Crippen molar-refractivity contribution in [3.8, 4) is 0 Å². The second kappa shape index (κ2) is 4.15. The van der Waals surface area contributed by atoms with E-state index in [1.165, 1.54) is 23.1 Å². The highest BCUT2D eigenvalue weighted by molar-refractivity contribution is 5.81. The molecule has 0 spiro atoms. The second-order valence-corrected chi connectivity index (χ2v) is 5.23. The van der Waals surface area contributed by atoms with Crippen LogP contribution in [0.1, 0.15) is 43.4 Å². The van der Waals surface area contributed by atoms with Gasteiger partial charge in [-0.05, 0) is 36.6 Å². The van der Waals surface area contributed by atoms with E-state index >= 15 is 0 Å². The molecule has 3 heterocycles. The Morgan fingerprint density at radius 1 is 1.41 bits per heavy atom. The average molecular weight is 229 g/mol. The predicted octanol–water partition coefficient (Wildman–Crippen LogP) is 2.76. The zero-order valence-electron chi connectivity index (χ0n) is 10.5. The van der Waals surface area contributed by atoms with E-state index < -0.39 is 0 Å². The predicted molar refractivity (Wildman–Crippen MR) is 70.4 cm³/mol. The van der Waals surface area contributed by atoms with E-state index in [4.69, 9.17) is 0 Å². The van der Waals surface area contributed by atoms with Crippen molar-refractivity contribution in [2.45, 2.75) is 32.1 Å². The number of hydrogen-bond acceptors (Lipinski definition) is 2. The minimum atomic E-state index is 0.547. The van der Waals surface area contributed by atoms with Gasteiger partial charge < -0.3 is 10.3 Å². The zero-order valence-corrected chi connectivity index (χ0v) is 10.5. The summed E-state index contributed by atoms with van der Waals surface area (Å²) >= 11 is 0. The molecule has 0 saturated carbocycles. The lowest BCUT2D eigenvalue weighted by Gasteiger charge is -2.05. The summed E-state index contributed by atoms with van der Waals surface area (Å²) in [6.07, 6.45) is 3.13. The van der Waals surface area contributed by atoms with Gasteiger partial charge >= 0.3 is 0 Å². The van der Waals surface area contributed by atoms with Crippen LogP contribution in [0.2, 0.25) is 0 Å². The highest BCUT2D eigenvalue weighted by Crippen LogP contribution is 2.29. The summed E-state index contributed by atoms with van der Waals surface area (Å²) in [5, 5.41) is 4.71. The molecular formula is C14H19N3. The summed E-state index contributed by atoms with van der Waals surface area (Å²) in [7, 11) is 0. The summed E-state index contributed by atoms with van der Waals surface area (Å²) in [4.78, 5) is 7.92. The molecule has 0 bridgehead atoms. The molecule has 0 aliphatic carbocycles. The molecule has 0 radical (unpaired) electrons. The van der Waals surface area contributed by atoms with Crippen molar-refractivity contribution >= 4 is 11.0 Å². The number of nitrogens with zero attached hydrogens (tertiary/aromatic N) is 1. The first-order chi connectivity index (χ1) is 8.25. The number of nitrogens with one attached hydrogen (secondary N) is 2. The molecule has 1 saturated heterocycles. The fourth-order valence-electron chi connectivity index (χ4n) is 2.71. The van der Waals surface area contributed by atoms with Crippen LogP contribution < -0.4 is 5.32 Å². The van der Waals surface area contributed by atoms with Gasteiger partial charge in [-0.25, -0.2) is 4.98 Å². The normalized spacial score (nSPS) is 20.5. The number of fused-ring (bicyclic) bond motifs is 1.